The van der Waals surface area contributed by atoms with E-state index in [1.807, 2.05) is 30.3 Å². The highest BCUT2D eigenvalue weighted by atomic mass is 35.5. The lowest BCUT2D eigenvalue weighted by Gasteiger charge is -2.63. The number of carbonyl (C=O) groups is 3. The Kier molecular flexibility index (Phi) is 10.7. The number of halogens is 1. The van der Waals surface area contributed by atoms with Gasteiger partial charge in [0.15, 0.2) is 0 Å². The fourth-order valence-corrected chi connectivity index (χ4v) is 11.4. The summed E-state index contributed by atoms with van der Waals surface area (Å²) in [5.74, 6) is 1.11. The van der Waals surface area contributed by atoms with E-state index >= 15 is 0 Å². The van der Waals surface area contributed by atoms with Crippen molar-refractivity contribution in [3.63, 3.8) is 0 Å². The zero-order valence-corrected chi connectivity index (χ0v) is 36.5. The van der Waals surface area contributed by atoms with Gasteiger partial charge < -0.3 is 24.8 Å². The Hall–Kier alpha value is -5.59. The van der Waals surface area contributed by atoms with Crippen LogP contribution >= 0.6 is 11.6 Å². The third kappa shape index (κ3) is 7.65. The molecule has 16 heteroatoms. The van der Waals surface area contributed by atoms with Gasteiger partial charge in [0.05, 0.1) is 21.5 Å². The molecule has 1 unspecified atom stereocenters. The molecule has 1 spiro atoms. The third-order valence-electron chi connectivity index (χ3n) is 14.4. The van der Waals surface area contributed by atoms with Crippen LogP contribution in [0.3, 0.4) is 0 Å². The molecule has 0 bridgehead atoms. The fourth-order valence-electron chi connectivity index (χ4n) is 11.2. The number of hydrogen-bond donors (Lipinski definition) is 2. The van der Waals surface area contributed by atoms with Crippen LogP contribution in [0.4, 0.5) is 11.5 Å². The summed E-state index contributed by atoms with van der Waals surface area (Å²) < 4.78 is 7.50. The highest BCUT2D eigenvalue weighted by molar-refractivity contribution is 6.31. The maximum absolute atomic E-state index is 13.5. The van der Waals surface area contributed by atoms with Crippen molar-refractivity contribution in [2.75, 3.05) is 55.6 Å². The number of aromatic nitrogens is 4. The minimum atomic E-state index is -0.846. The quantitative estimate of drug-likeness (QED) is 0.213. The number of nitriles is 1. The van der Waals surface area contributed by atoms with Crippen molar-refractivity contribution in [1.82, 2.24) is 35.5 Å². The number of piperidine rings is 3. The summed E-state index contributed by atoms with van der Waals surface area (Å²) >= 11 is 6.26. The van der Waals surface area contributed by atoms with E-state index in [9.17, 15) is 24.4 Å². The van der Waals surface area contributed by atoms with E-state index in [1.165, 1.54) is 0 Å². The number of rotatable bonds is 9. The van der Waals surface area contributed by atoms with Crippen LogP contribution in [0.15, 0.2) is 59.5 Å². The number of carbonyl (C=O) groups excluding carboxylic acids is 3. The minimum Gasteiger partial charge on any atom is -0.489 e. The number of nitrogens with one attached hydrogen (secondary N) is 2. The topological polar surface area (TPSA) is 179 Å². The van der Waals surface area contributed by atoms with Gasteiger partial charge in [0, 0.05) is 87.1 Å². The Labute approximate surface area is 365 Å². The van der Waals surface area contributed by atoms with Crippen molar-refractivity contribution >= 4 is 51.7 Å². The first-order valence-corrected chi connectivity index (χ1v) is 22.1. The second-order valence-electron chi connectivity index (χ2n) is 19.3. The Morgan fingerprint density at radius 2 is 1.69 bits per heavy atom. The molecule has 15 nitrogen and oxygen atoms in total. The number of amides is 3. The van der Waals surface area contributed by atoms with E-state index < -0.39 is 11.9 Å². The zero-order chi connectivity index (χ0) is 43.6. The Morgan fingerprint density at radius 3 is 2.35 bits per heavy atom. The summed E-state index contributed by atoms with van der Waals surface area (Å²) in [7, 11) is 0. The van der Waals surface area contributed by atoms with Gasteiger partial charge >= 0.3 is 0 Å². The standard InChI is InChI=1S/C46H53ClN10O5/c1-44(2)42(45(3,4)43(44)62-32-8-5-29(23-48)34(47)22-32)51-39(59)30-6-11-37(49-24-30)56-17-13-28(14-18-56)25-54-26-46(27-54)15-19-55(20-16-46)31-7-9-35-33(21-31)41(61)57(53-52-35)36-10-12-38(58)50-40(36)60/h5-9,11,21-22,24,28,36,42-43H,10,12-20,25-27H2,1-4H3,(H,51,59)(H,50,58,60). The van der Waals surface area contributed by atoms with Crippen LogP contribution in [-0.2, 0) is 9.59 Å². The van der Waals surface area contributed by atoms with Crippen LogP contribution in [0.1, 0.15) is 88.2 Å². The lowest BCUT2D eigenvalue weighted by molar-refractivity contribution is -0.164. The molecule has 3 amide bonds. The maximum atomic E-state index is 13.5. The summed E-state index contributed by atoms with van der Waals surface area (Å²) in [5, 5.41) is 23.8. The average Bonchev–Trinajstić information content (AvgIpc) is 3.25. The lowest BCUT2D eigenvalue weighted by Crippen LogP contribution is -2.74. The average molecular weight is 861 g/mol. The predicted octanol–water partition coefficient (Wildman–Crippen LogP) is 5.12. The molecule has 4 saturated heterocycles. The van der Waals surface area contributed by atoms with E-state index in [1.54, 1.807) is 24.4 Å². The van der Waals surface area contributed by atoms with Crippen LogP contribution in [0, 0.1) is 33.5 Å². The molecule has 1 saturated carbocycles. The first kappa shape index (κ1) is 41.7. The molecule has 6 heterocycles. The Bertz CT molecular complexity index is 2500. The van der Waals surface area contributed by atoms with Gasteiger partial charge in [-0.25, -0.2) is 4.98 Å². The molecule has 2 N–H and O–H groups in total. The summed E-state index contributed by atoms with van der Waals surface area (Å²) in [4.78, 5) is 63.0. The SMILES string of the molecule is CC1(C)C(NC(=O)c2ccc(N3CCC(CN4CC5(CCN(c6ccc7nnn(C8CCC(=O)NC8=O)c(=O)c7c6)CC5)C4)CC3)nc2)C(C)(C)C1Oc1ccc(C#N)c(Cl)c1. The number of anilines is 2. The molecule has 62 heavy (non-hydrogen) atoms. The molecular weight excluding hydrogens is 808 g/mol. The predicted molar refractivity (Wildman–Crippen MR) is 234 cm³/mol. The Balaban J connectivity index is 0.722. The monoisotopic (exact) mass is 860 g/mol. The van der Waals surface area contributed by atoms with Gasteiger partial charge in [-0.15, -0.1) is 5.10 Å². The third-order valence-corrected chi connectivity index (χ3v) is 14.7. The van der Waals surface area contributed by atoms with Crippen molar-refractivity contribution < 1.29 is 19.1 Å². The van der Waals surface area contributed by atoms with E-state index in [2.05, 4.69) is 69.4 Å². The molecule has 1 atom stereocenters. The number of benzene rings is 2. The van der Waals surface area contributed by atoms with Gasteiger partial charge in [-0.1, -0.05) is 44.5 Å². The molecule has 0 radical (unpaired) electrons. The van der Waals surface area contributed by atoms with E-state index in [0.717, 1.165) is 87.7 Å². The highest BCUT2D eigenvalue weighted by Crippen LogP contribution is 2.55. The van der Waals surface area contributed by atoms with Gasteiger partial charge in [-0.2, -0.15) is 9.94 Å². The molecule has 2 aromatic heterocycles. The smallest absolute Gasteiger partial charge is 0.278 e. The van der Waals surface area contributed by atoms with Crippen molar-refractivity contribution in [2.24, 2.45) is 22.2 Å². The van der Waals surface area contributed by atoms with Crippen molar-refractivity contribution in [2.45, 2.75) is 84.4 Å². The normalized spacial score (nSPS) is 24.5. The van der Waals surface area contributed by atoms with E-state index in [0.29, 0.717) is 44.1 Å². The van der Waals surface area contributed by atoms with Crippen molar-refractivity contribution in [3.05, 3.63) is 81.2 Å². The Morgan fingerprint density at radius 1 is 0.952 bits per heavy atom. The van der Waals surface area contributed by atoms with Crippen LogP contribution in [0.25, 0.3) is 10.9 Å². The largest absolute Gasteiger partial charge is 0.489 e. The number of pyridine rings is 1. The summed E-state index contributed by atoms with van der Waals surface area (Å²) in [6.07, 6.45) is 6.27. The lowest BCUT2D eigenvalue weighted by atomic mass is 9.49. The number of likely N-dealkylation sites (tertiary alicyclic amines) is 1. The summed E-state index contributed by atoms with van der Waals surface area (Å²) in [6.45, 7) is 15.4. The van der Waals surface area contributed by atoms with Crippen molar-refractivity contribution in [3.8, 4) is 11.8 Å². The number of ether oxygens (including phenoxy) is 1. The zero-order valence-electron chi connectivity index (χ0n) is 35.7. The molecule has 4 aliphatic heterocycles. The van der Waals surface area contributed by atoms with E-state index in [4.69, 9.17) is 21.3 Å². The fraction of sp³-hybridized carbons (Fsp3) is 0.522. The van der Waals surface area contributed by atoms with Crippen molar-refractivity contribution in [1.29, 1.82) is 5.26 Å². The van der Waals surface area contributed by atoms with Crippen LogP contribution in [0.5, 0.6) is 5.75 Å². The molecule has 4 aromatic rings. The summed E-state index contributed by atoms with van der Waals surface area (Å²) in [5.41, 5.74) is 1.62. The van der Waals surface area contributed by atoms with Crippen LogP contribution in [0.2, 0.25) is 5.02 Å². The molecule has 1 aliphatic carbocycles. The first-order chi connectivity index (χ1) is 29.6. The number of nitrogens with zero attached hydrogens (tertiary/aromatic N) is 8. The molecule has 9 rings (SSSR count). The molecule has 5 fully saturated rings. The second-order valence-corrected chi connectivity index (χ2v) is 19.7. The van der Waals surface area contributed by atoms with E-state index in [-0.39, 0.29) is 53.2 Å². The molecular formula is C46H53ClN10O5. The van der Waals surface area contributed by atoms with Gasteiger partial charge in [-0.3, -0.25) is 24.5 Å². The molecule has 2 aromatic carbocycles. The number of fused-ring (bicyclic) bond motifs is 1. The molecule has 324 valence electrons. The van der Waals surface area contributed by atoms with Gasteiger partial charge in [0.1, 0.15) is 35.3 Å². The van der Waals surface area contributed by atoms with Gasteiger partial charge in [-0.05, 0) is 85.9 Å². The van der Waals surface area contributed by atoms with Gasteiger partial charge in [0.2, 0.25) is 5.91 Å². The van der Waals surface area contributed by atoms with Crippen LogP contribution in [-0.4, -0.2) is 101 Å². The number of hydrogen-bond acceptors (Lipinski definition) is 12. The minimum absolute atomic E-state index is 0.139. The second kappa shape index (κ2) is 16.0. The summed E-state index contributed by atoms with van der Waals surface area (Å²) in [6, 6.07) is 15.7. The molecule has 5 aliphatic rings. The number of imide groups is 1. The van der Waals surface area contributed by atoms with Gasteiger partial charge in [0.25, 0.3) is 17.4 Å². The maximum Gasteiger partial charge on any atom is 0.278 e. The van der Waals surface area contributed by atoms with Crippen LogP contribution < -0.4 is 30.7 Å². The highest BCUT2D eigenvalue weighted by Gasteiger charge is 2.64. The first-order valence-electron chi connectivity index (χ1n) is 21.7.